The zero-order valence-corrected chi connectivity index (χ0v) is 10.8. The lowest BCUT2D eigenvalue weighted by molar-refractivity contribution is 0.257. The van der Waals surface area contributed by atoms with E-state index in [1.165, 1.54) is 11.1 Å². The van der Waals surface area contributed by atoms with Gasteiger partial charge in [0.05, 0.1) is 32.0 Å². The topological polar surface area (TPSA) is 46.8 Å². The first-order valence-corrected chi connectivity index (χ1v) is 6.97. The Kier molecular flexibility index (Phi) is 2.94. The molecule has 0 spiro atoms. The number of hydrogen-bond donors (Lipinski definition) is 0. The monoisotopic (exact) mass is 262 g/mol. The first kappa shape index (κ1) is 11.7. The van der Waals surface area contributed by atoms with Crippen molar-refractivity contribution < 1.29 is 18.9 Å². The van der Waals surface area contributed by atoms with E-state index >= 15 is 0 Å². The third-order valence-electron chi connectivity index (χ3n) is 3.69. The zero-order chi connectivity index (χ0) is 12.7. The van der Waals surface area contributed by atoms with Gasteiger partial charge in [0.1, 0.15) is 18.5 Å². The maximum atomic E-state index is 6.01. The lowest BCUT2D eigenvalue weighted by Gasteiger charge is -2.14. The summed E-state index contributed by atoms with van der Waals surface area (Å²) in [6, 6.07) is 6.39. The van der Waals surface area contributed by atoms with Crippen LogP contribution in [0.15, 0.2) is 18.2 Å². The standard InChI is InChI=1S/C15H18O4/c1-2-10(4-12-6-16-12)15(19-9-14-8-18-14)11(3-1)5-13-7-17-13/h1-3,12-14H,4-9H2. The van der Waals surface area contributed by atoms with Crippen LogP contribution < -0.4 is 4.74 Å². The summed E-state index contributed by atoms with van der Waals surface area (Å²) < 4.78 is 21.9. The zero-order valence-electron chi connectivity index (χ0n) is 10.8. The summed E-state index contributed by atoms with van der Waals surface area (Å²) in [5.41, 5.74) is 2.50. The van der Waals surface area contributed by atoms with Crippen molar-refractivity contribution in [1.29, 1.82) is 0 Å². The van der Waals surface area contributed by atoms with E-state index in [1.807, 2.05) is 0 Å². The first-order valence-electron chi connectivity index (χ1n) is 6.97. The van der Waals surface area contributed by atoms with Crippen LogP contribution in [0.1, 0.15) is 11.1 Å². The van der Waals surface area contributed by atoms with E-state index in [0.29, 0.717) is 18.8 Å². The van der Waals surface area contributed by atoms with Crippen molar-refractivity contribution >= 4 is 0 Å². The van der Waals surface area contributed by atoms with Crippen LogP contribution in [-0.2, 0) is 27.1 Å². The molecule has 4 nitrogen and oxygen atoms in total. The first-order chi connectivity index (χ1) is 9.38. The van der Waals surface area contributed by atoms with Crippen molar-refractivity contribution in [3.8, 4) is 5.75 Å². The van der Waals surface area contributed by atoms with Crippen molar-refractivity contribution in [2.75, 3.05) is 26.4 Å². The molecule has 3 saturated heterocycles. The van der Waals surface area contributed by atoms with Gasteiger partial charge in [-0.15, -0.1) is 0 Å². The minimum absolute atomic E-state index is 0.287. The highest BCUT2D eigenvalue weighted by Crippen LogP contribution is 2.31. The molecular formula is C15H18O4. The average molecular weight is 262 g/mol. The van der Waals surface area contributed by atoms with Crippen molar-refractivity contribution in [3.05, 3.63) is 29.3 Å². The summed E-state index contributed by atoms with van der Waals surface area (Å²) in [4.78, 5) is 0. The van der Waals surface area contributed by atoms with Crippen molar-refractivity contribution in [1.82, 2.24) is 0 Å². The maximum Gasteiger partial charge on any atom is 0.126 e. The molecule has 3 aliphatic rings. The van der Waals surface area contributed by atoms with E-state index in [0.717, 1.165) is 38.4 Å². The second-order valence-corrected chi connectivity index (χ2v) is 5.49. The van der Waals surface area contributed by atoms with E-state index in [4.69, 9.17) is 18.9 Å². The molecule has 4 rings (SSSR count). The number of benzene rings is 1. The van der Waals surface area contributed by atoms with Crippen molar-refractivity contribution in [2.24, 2.45) is 0 Å². The molecule has 0 amide bonds. The number of hydrogen-bond acceptors (Lipinski definition) is 4. The normalized spacial score (nSPS) is 31.1. The molecule has 3 heterocycles. The van der Waals surface area contributed by atoms with E-state index in [-0.39, 0.29) is 6.10 Å². The Hall–Kier alpha value is -1.10. The molecule has 102 valence electrons. The van der Waals surface area contributed by atoms with E-state index < -0.39 is 0 Å². The molecule has 0 saturated carbocycles. The minimum Gasteiger partial charge on any atom is -0.490 e. The highest BCUT2D eigenvalue weighted by Gasteiger charge is 2.29. The SMILES string of the molecule is c1cc(CC2CO2)c(OCC2CO2)c(CC2CO2)c1. The predicted molar refractivity (Wildman–Crippen MR) is 68.6 cm³/mol. The van der Waals surface area contributed by atoms with Gasteiger partial charge in [0.25, 0.3) is 0 Å². The second-order valence-electron chi connectivity index (χ2n) is 5.49. The highest BCUT2D eigenvalue weighted by atomic mass is 16.6. The van der Waals surface area contributed by atoms with E-state index in [1.54, 1.807) is 0 Å². The molecular weight excluding hydrogens is 244 g/mol. The van der Waals surface area contributed by atoms with Crippen LogP contribution in [0.2, 0.25) is 0 Å². The van der Waals surface area contributed by atoms with Gasteiger partial charge in [-0.25, -0.2) is 0 Å². The Balaban J connectivity index is 1.54. The second kappa shape index (κ2) is 4.78. The lowest BCUT2D eigenvalue weighted by Crippen LogP contribution is -2.10. The average Bonchev–Trinajstić information content (AvgIpc) is 3.24. The van der Waals surface area contributed by atoms with Crippen LogP contribution in [0.4, 0.5) is 0 Å². The largest absolute Gasteiger partial charge is 0.490 e. The predicted octanol–water partition coefficient (Wildman–Crippen LogP) is 1.35. The number of rotatable bonds is 7. The molecule has 0 N–H and O–H groups in total. The Morgan fingerprint density at radius 3 is 1.89 bits per heavy atom. The highest BCUT2D eigenvalue weighted by molar-refractivity contribution is 5.43. The fraction of sp³-hybridized carbons (Fsp3) is 0.600. The fourth-order valence-corrected chi connectivity index (χ4v) is 2.35. The van der Waals surface area contributed by atoms with Gasteiger partial charge in [-0.2, -0.15) is 0 Å². The smallest absolute Gasteiger partial charge is 0.126 e. The van der Waals surface area contributed by atoms with Gasteiger partial charge in [0.15, 0.2) is 0 Å². The number of para-hydroxylation sites is 1. The van der Waals surface area contributed by atoms with Crippen LogP contribution in [0.25, 0.3) is 0 Å². The van der Waals surface area contributed by atoms with Crippen LogP contribution in [0.3, 0.4) is 0 Å². The van der Waals surface area contributed by atoms with Gasteiger partial charge >= 0.3 is 0 Å². The van der Waals surface area contributed by atoms with Crippen molar-refractivity contribution in [2.45, 2.75) is 31.2 Å². The molecule has 3 fully saturated rings. The molecule has 1 aromatic carbocycles. The Bertz CT molecular complexity index is 429. The summed E-state index contributed by atoms with van der Waals surface area (Å²) in [6.45, 7) is 3.23. The molecule has 0 radical (unpaired) electrons. The van der Waals surface area contributed by atoms with Crippen LogP contribution >= 0.6 is 0 Å². The third-order valence-corrected chi connectivity index (χ3v) is 3.69. The maximum absolute atomic E-state index is 6.01. The quantitative estimate of drug-likeness (QED) is 0.696. The lowest BCUT2D eigenvalue weighted by atomic mass is 10.0. The molecule has 0 aromatic heterocycles. The summed E-state index contributed by atoms with van der Waals surface area (Å²) in [5.74, 6) is 1.03. The Labute approximate surface area is 112 Å². The molecule has 0 bridgehead atoms. The van der Waals surface area contributed by atoms with E-state index in [9.17, 15) is 0 Å². The molecule has 1 aromatic rings. The molecule has 3 aliphatic heterocycles. The summed E-state index contributed by atoms with van der Waals surface area (Å²) >= 11 is 0. The Morgan fingerprint density at radius 1 is 0.895 bits per heavy atom. The van der Waals surface area contributed by atoms with Gasteiger partial charge in [0.2, 0.25) is 0 Å². The fourth-order valence-electron chi connectivity index (χ4n) is 2.35. The number of epoxide rings is 3. The third kappa shape index (κ3) is 3.08. The Morgan fingerprint density at radius 2 is 1.42 bits per heavy atom. The number of ether oxygens (including phenoxy) is 4. The van der Waals surface area contributed by atoms with Crippen LogP contribution in [-0.4, -0.2) is 44.7 Å². The van der Waals surface area contributed by atoms with Gasteiger partial charge in [-0.1, -0.05) is 18.2 Å². The summed E-state index contributed by atoms with van der Waals surface area (Å²) in [6.07, 6.45) is 2.94. The van der Waals surface area contributed by atoms with Crippen LogP contribution in [0.5, 0.6) is 5.75 Å². The van der Waals surface area contributed by atoms with Gasteiger partial charge in [-0.05, 0) is 11.1 Å². The molecule has 3 unspecified atom stereocenters. The van der Waals surface area contributed by atoms with Crippen molar-refractivity contribution in [3.63, 3.8) is 0 Å². The minimum atomic E-state index is 0.287. The molecule has 19 heavy (non-hydrogen) atoms. The summed E-state index contributed by atoms with van der Waals surface area (Å²) in [7, 11) is 0. The van der Waals surface area contributed by atoms with Gasteiger partial charge in [-0.3, -0.25) is 0 Å². The van der Waals surface area contributed by atoms with Crippen LogP contribution in [0, 0.1) is 0 Å². The van der Waals surface area contributed by atoms with Gasteiger partial charge in [0, 0.05) is 12.8 Å². The van der Waals surface area contributed by atoms with Gasteiger partial charge < -0.3 is 18.9 Å². The van der Waals surface area contributed by atoms with E-state index in [2.05, 4.69) is 18.2 Å². The summed E-state index contributed by atoms with van der Waals surface area (Å²) in [5, 5.41) is 0. The molecule has 4 heteroatoms. The molecule has 0 aliphatic carbocycles. The molecule has 3 atom stereocenters.